The third kappa shape index (κ3) is 8.98. The zero-order valence-corrected chi connectivity index (χ0v) is 10.6. The molecular weight excluding hydrogens is 198 g/mol. The minimum Gasteiger partial charge on any atom is -0.330 e. The van der Waals surface area contributed by atoms with E-state index in [0.29, 0.717) is 0 Å². The quantitative estimate of drug-likeness (QED) is 0.475. The summed E-state index contributed by atoms with van der Waals surface area (Å²) in [5.74, 6) is 1.30. The van der Waals surface area contributed by atoms with Crippen LogP contribution < -0.4 is 5.73 Å². The molecule has 13 heavy (non-hydrogen) atoms. The third-order valence-corrected chi connectivity index (χ3v) is 4.94. The van der Waals surface area contributed by atoms with Crippen molar-refractivity contribution in [2.24, 2.45) is 5.73 Å². The molecule has 1 atom stereocenters. The van der Waals surface area contributed by atoms with Gasteiger partial charge in [0.2, 0.25) is 0 Å². The van der Waals surface area contributed by atoms with Crippen LogP contribution >= 0.6 is 21.6 Å². The fourth-order valence-electron chi connectivity index (χ4n) is 1.10. The van der Waals surface area contributed by atoms with Crippen molar-refractivity contribution in [2.45, 2.75) is 51.2 Å². The standard InChI is InChI=1S/C10H23NS2/c1-3-5-9-12-13-10(6-4-2)7-8-11/h10H,3-9,11H2,1-2H3. The molecule has 0 aromatic carbocycles. The fourth-order valence-corrected chi connectivity index (χ4v) is 4.15. The van der Waals surface area contributed by atoms with Crippen LogP contribution in [-0.2, 0) is 0 Å². The van der Waals surface area contributed by atoms with Crippen molar-refractivity contribution in [3.8, 4) is 0 Å². The third-order valence-electron chi connectivity index (χ3n) is 1.88. The summed E-state index contributed by atoms with van der Waals surface area (Å²) in [4.78, 5) is 0. The molecule has 0 amide bonds. The van der Waals surface area contributed by atoms with Crippen molar-refractivity contribution >= 4 is 21.6 Å². The Hall–Kier alpha value is 0.660. The summed E-state index contributed by atoms with van der Waals surface area (Å²) in [6, 6.07) is 0. The Labute approximate surface area is 91.0 Å². The van der Waals surface area contributed by atoms with E-state index in [1.165, 1.54) is 37.9 Å². The van der Waals surface area contributed by atoms with Crippen LogP contribution in [0.2, 0.25) is 0 Å². The highest BCUT2D eigenvalue weighted by Crippen LogP contribution is 2.31. The molecule has 0 radical (unpaired) electrons. The number of hydrogen-bond donors (Lipinski definition) is 1. The molecule has 0 saturated carbocycles. The molecule has 80 valence electrons. The lowest BCUT2D eigenvalue weighted by molar-refractivity contribution is 0.694. The molecule has 0 heterocycles. The van der Waals surface area contributed by atoms with Gasteiger partial charge in [-0.2, -0.15) is 0 Å². The summed E-state index contributed by atoms with van der Waals surface area (Å²) in [6.07, 6.45) is 6.44. The highest BCUT2D eigenvalue weighted by atomic mass is 33.1. The largest absolute Gasteiger partial charge is 0.330 e. The predicted molar refractivity (Wildman–Crippen MR) is 67.3 cm³/mol. The Balaban J connectivity index is 3.33. The van der Waals surface area contributed by atoms with Crippen LogP contribution in [0.1, 0.15) is 46.0 Å². The van der Waals surface area contributed by atoms with Crippen LogP contribution in [0.3, 0.4) is 0 Å². The Kier molecular flexibility index (Phi) is 11.3. The molecule has 0 spiro atoms. The highest BCUT2D eigenvalue weighted by molar-refractivity contribution is 8.76. The molecule has 3 heteroatoms. The van der Waals surface area contributed by atoms with Gasteiger partial charge in [-0.05, 0) is 25.8 Å². The second-order valence-corrected chi connectivity index (χ2v) is 6.05. The minimum atomic E-state index is 0.789. The lowest BCUT2D eigenvalue weighted by Gasteiger charge is -2.13. The van der Waals surface area contributed by atoms with E-state index in [1.54, 1.807) is 0 Å². The molecule has 0 aliphatic heterocycles. The van der Waals surface area contributed by atoms with E-state index >= 15 is 0 Å². The van der Waals surface area contributed by atoms with Gasteiger partial charge in [0.25, 0.3) is 0 Å². The Morgan fingerprint density at radius 1 is 1.15 bits per heavy atom. The zero-order valence-electron chi connectivity index (χ0n) is 8.92. The first-order chi connectivity index (χ1) is 6.35. The maximum absolute atomic E-state index is 5.57. The number of nitrogens with two attached hydrogens (primary N) is 1. The van der Waals surface area contributed by atoms with Crippen molar-refractivity contribution in [1.29, 1.82) is 0 Å². The van der Waals surface area contributed by atoms with Gasteiger partial charge in [0, 0.05) is 11.0 Å². The average molecular weight is 221 g/mol. The summed E-state index contributed by atoms with van der Waals surface area (Å²) in [7, 11) is 4.07. The van der Waals surface area contributed by atoms with Gasteiger partial charge in [-0.1, -0.05) is 48.3 Å². The molecule has 0 rings (SSSR count). The summed E-state index contributed by atoms with van der Waals surface area (Å²) < 4.78 is 0. The van der Waals surface area contributed by atoms with Gasteiger partial charge in [-0.25, -0.2) is 0 Å². The van der Waals surface area contributed by atoms with Gasteiger partial charge in [0.15, 0.2) is 0 Å². The molecule has 0 aromatic heterocycles. The molecule has 0 aliphatic carbocycles. The smallest absolute Gasteiger partial charge is 0.0163 e. The summed E-state index contributed by atoms with van der Waals surface area (Å²) in [6.45, 7) is 5.33. The van der Waals surface area contributed by atoms with Crippen LogP contribution in [0.15, 0.2) is 0 Å². The lowest BCUT2D eigenvalue weighted by Crippen LogP contribution is -2.09. The Morgan fingerprint density at radius 3 is 2.46 bits per heavy atom. The van der Waals surface area contributed by atoms with Crippen LogP contribution in [-0.4, -0.2) is 17.5 Å². The first kappa shape index (κ1) is 13.7. The lowest BCUT2D eigenvalue weighted by atomic mass is 10.2. The molecule has 0 bridgehead atoms. The van der Waals surface area contributed by atoms with Gasteiger partial charge >= 0.3 is 0 Å². The molecule has 0 saturated heterocycles. The number of rotatable bonds is 9. The summed E-state index contributed by atoms with van der Waals surface area (Å²) in [5, 5.41) is 0.789. The number of hydrogen-bond acceptors (Lipinski definition) is 3. The van der Waals surface area contributed by atoms with E-state index in [9.17, 15) is 0 Å². The second kappa shape index (κ2) is 10.7. The molecular formula is C10H23NS2. The normalized spacial score (nSPS) is 13.2. The van der Waals surface area contributed by atoms with Gasteiger partial charge in [0.05, 0.1) is 0 Å². The van der Waals surface area contributed by atoms with Gasteiger partial charge < -0.3 is 5.73 Å². The molecule has 1 unspecified atom stereocenters. The van der Waals surface area contributed by atoms with Crippen LogP contribution in [0, 0.1) is 0 Å². The van der Waals surface area contributed by atoms with Crippen molar-refractivity contribution in [3.63, 3.8) is 0 Å². The minimum absolute atomic E-state index is 0.789. The van der Waals surface area contributed by atoms with E-state index in [4.69, 9.17) is 5.73 Å². The predicted octanol–water partition coefficient (Wildman–Crippen LogP) is 3.69. The van der Waals surface area contributed by atoms with E-state index in [1.807, 2.05) is 21.6 Å². The van der Waals surface area contributed by atoms with Gasteiger partial charge in [-0.15, -0.1) is 0 Å². The topological polar surface area (TPSA) is 26.0 Å². The maximum atomic E-state index is 5.57. The fraction of sp³-hybridized carbons (Fsp3) is 1.00. The van der Waals surface area contributed by atoms with E-state index in [2.05, 4.69) is 13.8 Å². The summed E-state index contributed by atoms with van der Waals surface area (Å²) >= 11 is 0. The van der Waals surface area contributed by atoms with Gasteiger partial charge in [-0.3, -0.25) is 0 Å². The van der Waals surface area contributed by atoms with Gasteiger partial charge in [0.1, 0.15) is 0 Å². The monoisotopic (exact) mass is 221 g/mol. The highest BCUT2D eigenvalue weighted by Gasteiger charge is 2.06. The Morgan fingerprint density at radius 2 is 1.92 bits per heavy atom. The SMILES string of the molecule is CCCCSSC(CCC)CCN. The van der Waals surface area contributed by atoms with E-state index < -0.39 is 0 Å². The zero-order chi connectivity index (χ0) is 9.94. The molecule has 0 aromatic rings. The van der Waals surface area contributed by atoms with Crippen LogP contribution in [0.25, 0.3) is 0 Å². The van der Waals surface area contributed by atoms with Crippen molar-refractivity contribution in [2.75, 3.05) is 12.3 Å². The maximum Gasteiger partial charge on any atom is 0.0163 e. The average Bonchev–Trinajstić information content (AvgIpc) is 2.13. The van der Waals surface area contributed by atoms with E-state index in [-0.39, 0.29) is 0 Å². The van der Waals surface area contributed by atoms with Crippen molar-refractivity contribution in [1.82, 2.24) is 0 Å². The molecule has 0 fully saturated rings. The number of unbranched alkanes of at least 4 members (excludes halogenated alkanes) is 1. The van der Waals surface area contributed by atoms with E-state index in [0.717, 1.165) is 11.8 Å². The summed E-state index contributed by atoms with van der Waals surface area (Å²) in [5.41, 5.74) is 5.57. The first-order valence-electron chi connectivity index (χ1n) is 5.33. The van der Waals surface area contributed by atoms with Crippen molar-refractivity contribution < 1.29 is 0 Å². The molecule has 0 aliphatic rings. The van der Waals surface area contributed by atoms with Crippen LogP contribution in [0.5, 0.6) is 0 Å². The second-order valence-electron chi connectivity index (χ2n) is 3.26. The first-order valence-corrected chi connectivity index (χ1v) is 7.71. The molecule has 1 nitrogen and oxygen atoms in total. The Bertz CT molecular complexity index is 92.9. The van der Waals surface area contributed by atoms with Crippen LogP contribution in [0.4, 0.5) is 0 Å². The molecule has 2 N–H and O–H groups in total. The van der Waals surface area contributed by atoms with Crippen molar-refractivity contribution in [3.05, 3.63) is 0 Å².